The first kappa shape index (κ1) is 21.9. The third-order valence-electron chi connectivity index (χ3n) is 6.35. The molecule has 1 saturated heterocycles. The molecule has 0 unspecified atom stereocenters. The molecule has 1 N–H and O–H groups in total. The van der Waals surface area contributed by atoms with Gasteiger partial charge in [-0.3, -0.25) is 4.79 Å². The fourth-order valence-corrected chi connectivity index (χ4v) is 4.61. The molecule has 34 heavy (non-hydrogen) atoms. The lowest BCUT2D eigenvalue weighted by molar-refractivity contribution is -0.141. The number of likely N-dealkylation sites (tertiary alicyclic amines) is 1. The quantitative estimate of drug-likeness (QED) is 0.576. The maximum Gasteiger partial charge on any atom is 0.326 e. The van der Waals surface area contributed by atoms with Crippen LogP contribution in [0.15, 0.2) is 60.7 Å². The molecule has 174 valence electrons. The van der Waals surface area contributed by atoms with Gasteiger partial charge < -0.3 is 19.5 Å². The predicted molar refractivity (Wildman–Crippen MR) is 124 cm³/mol. The van der Waals surface area contributed by atoms with Crippen LogP contribution in [0, 0.1) is 5.82 Å². The summed E-state index contributed by atoms with van der Waals surface area (Å²) in [5.41, 5.74) is 3.65. The van der Waals surface area contributed by atoms with Gasteiger partial charge in [0.1, 0.15) is 30.0 Å². The number of hydrogen-bond donors (Lipinski definition) is 1. The largest absolute Gasteiger partial charge is 0.492 e. The number of carbonyl (C=O) groups is 2. The molecule has 0 radical (unpaired) electrons. The average molecular weight is 461 g/mol. The Hall–Kier alpha value is -3.87. The number of carbonyl (C=O) groups excluding carboxylic acids is 1. The second-order valence-electron chi connectivity index (χ2n) is 8.51. The summed E-state index contributed by atoms with van der Waals surface area (Å²) in [6.45, 7) is 1.20. The molecule has 1 amide bonds. The van der Waals surface area contributed by atoms with Gasteiger partial charge in [-0.05, 0) is 60.4 Å². The number of nitrogens with zero attached hydrogens (tertiary/aromatic N) is 1. The molecule has 5 rings (SSSR count). The van der Waals surface area contributed by atoms with Crippen LogP contribution in [0.4, 0.5) is 4.39 Å². The van der Waals surface area contributed by atoms with E-state index in [-0.39, 0.29) is 18.3 Å². The number of hydrogen-bond acceptors (Lipinski definition) is 4. The van der Waals surface area contributed by atoms with Crippen LogP contribution in [0.25, 0.3) is 11.1 Å². The Bertz CT molecular complexity index is 1240. The molecule has 2 aliphatic rings. The van der Waals surface area contributed by atoms with Crippen LogP contribution < -0.4 is 9.47 Å². The molecule has 7 heteroatoms. The van der Waals surface area contributed by atoms with Gasteiger partial charge in [0.2, 0.25) is 0 Å². The molecule has 1 atom stereocenters. The van der Waals surface area contributed by atoms with Gasteiger partial charge >= 0.3 is 5.97 Å². The minimum Gasteiger partial charge on any atom is -0.492 e. The van der Waals surface area contributed by atoms with Crippen molar-refractivity contribution < 1.29 is 28.6 Å². The monoisotopic (exact) mass is 461 g/mol. The molecule has 0 bridgehead atoms. The predicted octanol–water partition coefficient (Wildman–Crippen LogP) is 4.70. The van der Waals surface area contributed by atoms with Crippen LogP contribution in [0.2, 0.25) is 0 Å². The summed E-state index contributed by atoms with van der Waals surface area (Å²) < 4.78 is 25.5. The summed E-state index contributed by atoms with van der Waals surface area (Å²) in [6.07, 6.45) is 1.74. The van der Waals surface area contributed by atoms with Crippen molar-refractivity contribution in [3.05, 3.63) is 83.2 Å². The molecule has 0 spiro atoms. The van der Waals surface area contributed by atoms with E-state index in [0.29, 0.717) is 55.0 Å². The van der Waals surface area contributed by atoms with Crippen molar-refractivity contribution in [2.45, 2.75) is 31.9 Å². The van der Waals surface area contributed by atoms with Gasteiger partial charge in [0.05, 0.1) is 6.61 Å². The van der Waals surface area contributed by atoms with Gasteiger partial charge in [-0.15, -0.1) is 0 Å². The number of carboxylic acids is 1. The third-order valence-corrected chi connectivity index (χ3v) is 6.35. The Morgan fingerprint density at radius 2 is 1.94 bits per heavy atom. The molecular weight excluding hydrogens is 437 g/mol. The fraction of sp³-hybridized carbons (Fsp3) is 0.259. The molecule has 6 nitrogen and oxygen atoms in total. The number of halogens is 1. The van der Waals surface area contributed by atoms with Crippen molar-refractivity contribution in [3.63, 3.8) is 0 Å². The van der Waals surface area contributed by atoms with Crippen LogP contribution in [-0.4, -0.2) is 41.1 Å². The Balaban J connectivity index is 1.26. The van der Waals surface area contributed by atoms with Crippen LogP contribution >= 0.6 is 0 Å². The number of benzene rings is 3. The van der Waals surface area contributed by atoms with E-state index in [2.05, 4.69) is 0 Å². The second kappa shape index (κ2) is 9.17. The van der Waals surface area contributed by atoms with Crippen molar-refractivity contribution in [2.24, 2.45) is 0 Å². The number of fused-ring (bicyclic) bond motifs is 1. The van der Waals surface area contributed by atoms with Gasteiger partial charge in [-0.25, -0.2) is 9.18 Å². The number of amides is 1. The van der Waals surface area contributed by atoms with Gasteiger partial charge in [0.15, 0.2) is 0 Å². The zero-order chi connectivity index (χ0) is 23.7. The zero-order valence-corrected chi connectivity index (χ0v) is 18.5. The summed E-state index contributed by atoms with van der Waals surface area (Å²) in [6, 6.07) is 17.0. The van der Waals surface area contributed by atoms with Gasteiger partial charge in [0, 0.05) is 29.7 Å². The van der Waals surface area contributed by atoms with E-state index < -0.39 is 12.0 Å². The van der Waals surface area contributed by atoms with Crippen molar-refractivity contribution in [2.75, 3.05) is 13.2 Å². The molecule has 0 aliphatic carbocycles. The molecule has 1 fully saturated rings. The summed E-state index contributed by atoms with van der Waals surface area (Å²) >= 11 is 0. The first-order valence-corrected chi connectivity index (χ1v) is 11.3. The lowest BCUT2D eigenvalue weighted by atomic mass is 10.0. The lowest BCUT2D eigenvalue weighted by Gasteiger charge is -2.21. The maximum absolute atomic E-state index is 14.0. The highest BCUT2D eigenvalue weighted by Crippen LogP contribution is 2.38. The molecule has 0 saturated carbocycles. The number of ether oxygens (including phenoxy) is 2. The highest BCUT2D eigenvalue weighted by atomic mass is 19.1. The molecule has 2 aliphatic heterocycles. The average Bonchev–Trinajstić information content (AvgIpc) is 3.54. The van der Waals surface area contributed by atoms with E-state index in [1.54, 1.807) is 24.3 Å². The van der Waals surface area contributed by atoms with Gasteiger partial charge in [-0.1, -0.05) is 24.3 Å². The third kappa shape index (κ3) is 4.21. The summed E-state index contributed by atoms with van der Waals surface area (Å²) in [5, 5.41) is 9.36. The standard InChI is InChI=1S/C27H24FNO5/c28-23-11-10-21(25-22(23)12-14-33-25)18-6-8-20(9-7-18)34-16-17-3-1-4-19(15-17)26(30)29-13-2-5-24(29)27(31)32/h1,3-4,6-11,15,24H,2,5,12-14,16H2,(H,31,32)/t24-/m0/s1. The van der Waals surface area contributed by atoms with E-state index in [1.807, 2.05) is 30.3 Å². The SMILES string of the molecule is O=C(O)[C@@H]1CCCN1C(=O)c1cccc(COc2ccc(-c3ccc(F)c4c3OCC4)cc2)c1. The minimum absolute atomic E-state index is 0.236. The summed E-state index contributed by atoms with van der Waals surface area (Å²) in [7, 11) is 0. The molecule has 2 heterocycles. The van der Waals surface area contributed by atoms with Crippen LogP contribution in [0.1, 0.15) is 34.3 Å². The van der Waals surface area contributed by atoms with E-state index in [0.717, 1.165) is 16.7 Å². The summed E-state index contributed by atoms with van der Waals surface area (Å²) in [4.78, 5) is 25.7. The van der Waals surface area contributed by atoms with Gasteiger partial charge in [-0.2, -0.15) is 0 Å². The Morgan fingerprint density at radius 3 is 2.74 bits per heavy atom. The van der Waals surface area contributed by atoms with Gasteiger partial charge in [0.25, 0.3) is 5.91 Å². The number of aliphatic carboxylic acids is 1. The van der Waals surface area contributed by atoms with E-state index in [1.165, 1.54) is 11.0 Å². The molecular formula is C27H24FNO5. The van der Waals surface area contributed by atoms with Crippen molar-refractivity contribution in [1.82, 2.24) is 4.90 Å². The molecule has 3 aromatic carbocycles. The number of rotatable bonds is 6. The van der Waals surface area contributed by atoms with E-state index in [9.17, 15) is 19.1 Å². The normalized spacial score (nSPS) is 16.7. The highest BCUT2D eigenvalue weighted by Gasteiger charge is 2.34. The Kier molecular flexibility index (Phi) is 5.92. The Labute approximate surface area is 196 Å². The minimum atomic E-state index is -0.967. The van der Waals surface area contributed by atoms with Crippen molar-refractivity contribution in [3.8, 4) is 22.6 Å². The maximum atomic E-state index is 14.0. The first-order valence-electron chi connectivity index (χ1n) is 11.3. The van der Waals surface area contributed by atoms with E-state index in [4.69, 9.17) is 9.47 Å². The zero-order valence-electron chi connectivity index (χ0n) is 18.5. The van der Waals surface area contributed by atoms with Crippen LogP contribution in [0.3, 0.4) is 0 Å². The smallest absolute Gasteiger partial charge is 0.326 e. The lowest BCUT2D eigenvalue weighted by Crippen LogP contribution is -2.40. The highest BCUT2D eigenvalue weighted by molar-refractivity contribution is 5.97. The molecule has 3 aromatic rings. The van der Waals surface area contributed by atoms with E-state index >= 15 is 0 Å². The van der Waals surface area contributed by atoms with Crippen LogP contribution in [-0.2, 0) is 17.8 Å². The van der Waals surface area contributed by atoms with Crippen molar-refractivity contribution in [1.29, 1.82) is 0 Å². The fourth-order valence-electron chi connectivity index (χ4n) is 4.61. The van der Waals surface area contributed by atoms with Crippen molar-refractivity contribution >= 4 is 11.9 Å². The molecule has 0 aromatic heterocycles. The summed E-state index contributed by atoms with van der Waals surface area (Å²) in [5.74, 6) is -0.208. The van der Waals surface area contributed by atoms with Crippen LogP contribution in [0.5, 0.6) is 11.5 Å². The second-order valence-corrected chi connectivity index (χ2v) is 8.51. The Morgan fingerprint density at radius 1 is 1.12 bits per heavy atom. The topological polar surface area (TPSA) is 76.1 Å². The first-order chi connectivity index (χ1) is 16.5. The number of carboxylic acid groups (broad SMARTS) is 1.